The lowest BCUT2D eigenvalue weighted by atomic mass is 10.1. The highest BCUT2D eigenvalue weighted by molar-refractivity contribution is 5.53. The summed E-state index contributed by atoms with van der Waals surface area (Å²) in [6.07, 6.45) is 6.39. The second-order valence-electron chi connectivity index (χ2n) is 6.91. The van der Waals surface area contributed by atoms with Gasteiger partial charge in [-0.2, -0.15) is 4.98 Å². The third-order valence-electron chi connectivity index (χ3n) is 5.04. The molecule has 0 amide bonds. The van der Waals surface area contributed by atoms with Crippen molar-refractivity contribution in [3.05, 3.63) is 35.7 Å². The summed E-state index contributed by atoms with van der Waals surface area (Å²) >= 11 is 0. The molecule has 0 radical (unpaired) electrons. The Morgan fingerprint density at radius 2 is 1.83 bits per heavy atom. The number of rotatable bonds is 4. The molecule has 2 aromatic rings. The van der Waals surface area contributed by atoms with Crippen molar-refractivity contribution >= 4 is 0 Å². The summed E-state index contributed by atoms with van der Waals surface area (Å²) in [5, 5.41) is 4.13. The normalized spacial score (nSPS) is 22.6. The molecule has 0 saturated carbocycles. The maximum Gasteiger partial charge on any atom is 0.257 e. The van der Waals surface area contributed by atoms with E-state index in [-0.39, 0.29) is 5.92 Å². The van der Waals surface area contributed by atoms with Crippen LogP contribution in [0.1, 0.15) is 49.4 Å². The fraction of sp³-hybridized carbons (Fsp3) is 0.579. The highest BCUT2D eigenvalue weighted by Crippen LogP contribution is 2.26. The van der Waals surface area contributed by atoms with Gasteiger partial charge in [0.15, 0.2) is 5.82 Å². The van der Waals surface area contributed by atoms with Crippen molar-refractivity contribution in [1.82, 2.24) is 15.0 Å². The van der Waals surface area contributed by atoms with Crippen molar-refractivity contribution in [3.63, 3.8) is 0 Å². The number of benzene rings is 1. The molecule has 0 bridgehead atoms. The van der Waals surface area contributed by atoms with Crippen LogP contribution in [0.2, 0.25) is 0 Å². The molecule has 0 spiro atoms. The molecule has 2 saturated heterocycles. The first-order chi connectivity index (χ1) is 11.9. The fourth-order valence-electron chi connectivity index (χ4n) is 3.56. The minimum atomic E-state index is 0.282. The van der Waals surface area contributed by atoms with E-state index < -0.39 is 0 Å². The minimum absolute atomic E-state index is 0.282. The quantitative estimate of drug-likeness (QED) is 0.858. The number of aromatic nitrogens is 2. The van der Waals surface area contributed by atoms with Crippen LogP contribution in [-0.4, -0.2) is 41.3 Å². The molecule has 4 rings (SSSR count). The first-order valence-corrected chi connectivity index (χ1v) is 9.11. The second kappa shape index (κ2) is 7.45. The van der Waals surface area contributed by atoms with Gasteiger partial charge in [-0.1, -0.05) is 30.1 Å². The standard InChI is InChI=1S/C19H25N3O2/c1-2-4-11-22(10-3-1)13-15-5-7-16(8-6-15)19-20-18(21-24-19)17-9-12-23-14-17/h5-8,17H,1-4,9-14H2/t17-/m1/s1. The molecule has 2 aliphatic rings. The Hall–Kier alpha value is -1.72. The number of likely N-dealkylation sites (tertiary alicyclic amines) is 1. The second-order valence-corrected chi connectivity index (χ2v) is 6.91. The van der Waals surface area contributed by atoms with Crippen molar-refractivity contribution in [1.29, 1.82) is 0 Å². The average Bonchev–Trinajstić information content (AvgIpc) is 3.24. The van der Waals surface area contributed by atoms with Crippen LogP contribution >= 0.6 is 0 Å². The smallest absolute Gasteiger partial charge is 0.257 e. The first-order valence-electron chi connectivity index (χ1n) is 9.11. The topological polar surface area (TPSA) is 51.4 Å². The van der Waals surface area contributed by atoms with E-state index in [1.165, 1.54) is 44.3 Å². The van der Waals surface area contributed by atoms with Crippen LogP contribution < -0.4 is 0 Å². The fourth-order valence-corrected chi connectivity index (χ4v) is 3.56. The van der Waals surface area contributed by atoms with Gasteiger partial charge in [-0.25, -0.2) is 0 Å². The molecule has 0 N–H and O–H groups in total. The summed E-state index contributed by atoms with van der Waals surface area (Å²) in [7, 11) is 0. The molecule has 0 aliphatic carbocycles. The molecule has 128 valence electrons. The van der Waals surface area contributed by atoms with Crippen LogP contribution in [0.25, 0.3) is 11.5 Å². The van der Waals surface area contributed by atoms with E-state index in [9.17, 15) is 0 Å². The van der Waals surface area contributed by atoms with E-state index in [2.05, 4.69) is 39.3 Å². The summed E-state index contributed by atoms with van der Waals surface area (Å²) in [5.74, 6) is 1.67. The van der Waals surface area contributed by atoms with Crippen LogP contribution in [0.15, 0.2) is 28.8 Å². The minimum Gasteiger partial charge on any atom is -0.381 e. The van der Waals surface area contributed by atoms with Crippen LogP contribution in [-0.2, 0) is 11.3 Å². The number of hydrogen-bond acceptors (Lipinski definition) is 5. The van der Waals surface area contributed by atoms with Crippen LogP contribution in [0.4, 0.5) is 0 Å². The van der Waals surface area contributed by atoms with Gasteiger partial charge < -0.3 is 9.26 Å². The van der Waals surface area contributed by atoms with E-state index in [1.807, 2.05) is 0 Å². The molecule has 24 heavy (non-hydrogen) atoms. The van der Waals surface area contributed by atoms with Gasteiger partial charge >= 0.3 is 0 Å². The van der Waals surface area contributed by atoms with Crippen molar-refractivity contribution in [3.8, 4) is 11.5 Å². The Bertz CT molecular complexity index is 639. The zero-order valence-electron chi connectivity index (χ0n) is 14.1. The van der Waals surface area contributed by atoms with Crippen molar-refractivity contribution in [2.45, 2.75) is 44.6 Å². The Kier molecular flexibility index (Phi) is 4.90. The lowest BCUT2D eigenvalue weighted by Gasteiger charge is -2.19. The van der Waals surface area contributed by atoms with E-state index >= 15 is 0 Å². The summed E-state index contributed by atoms with van der Waals surface area (Å²) in [6.45, 7) is 4.97. The number of ether oxygens (including phenoxy) is 1. The van der Waals surface area contributed by atoms with Gasteiger partial charge in [0.05, 0.1) is 6.61 Å². The lowest BCUT2D eigenvalue weighted by molar-refractivity contribution is 0.192. The Labute approximate surface area is 143 Å². The number of hydrogen-bond donors (Lipinski definition) is 0. The third-order valence-corrected chi connectivity index (χ3v) is 5.04. The SMILES string of the molecule is c1cc(-c2nc([C@@H]3CCOC3)no2)ccc1CN1CCCCCC1. The Balaban J connectivity index is 1.41. The van der Waals surface area contributed by atoms with Crippen molar-refractivity contribution in [2.24, 2.45) is 0 Å². The molecule has 1 aromatic heterocycles. The van der Waals surface area contributed by atoms with Gasteiger partial charge in [-0.15, -0.1) is 0 Å². The monoisotopic (exact) mass is 327 g/mol. The highest BCUT2D eigenvalue weighted by Gasteiger charge is 2.23. The van der Waals surface area contributed by atoms with Gasteiger partial charge in [-0.05, 0) is 50.0 Å². The molecular weight excluding hydrogens is 302 g/mol. The summed E-state index contributed by atoms with van der Waals surface area (Å²) in [6, 6.07) is 8.55. The molecule has 5 heteroatoms. The summed E-state index contributed by atoms with van der Waals surface area (Å²) < 4.78 is 10.8. The zero-order chi connectivity index (χ0) is 16.2. The molecule has 0 unspecified atom stereocenters. The average molecular weight is 327 g/mol. The first kappa shape index (κ1) is 15.8. The van der Waals surface area contributed by atoms with E-state index in [0.717, 1.165) is 31.0 Å². The summed E-state index contributed by atoms with van der Waals surface area (Å²) in [5.41, 5.74) is 2.34. The maximum absolute atomic E-state index is 5.44. The van der Waals surface area contributed by atoms with Gasteiger partial charge in [-0.3, -0.25) is 4.90 Å². The molecule has 1 aromatic carbocycles. The van der Waals surface area contributed by atoms with Gasteiger partial charge in [0.2, 0.25) is 0 Å². The van der Waals surface area contributed by atoms with Gasteiger partial charge in [0.25, 0.3) is 5.89 Å². The summed E-state index contributed by atoms with van der Waals surface area (Å²) in [4.78, 5) is 7.11. The predicted molar refractivity (Wildman–Crippen MR) is 91.7 cm³/mol. The molecule has 3 heterocycles. The number of nitrogens with zero attached hydrogens (tertiary/aromatic N) is 3. The molecule has 2 fully saturated rings. The van der Waals surface area contributed by atoms with E-state index in [1.54, 1.807) is 0 Å². The van der Waals surface area contributed by atoms with Crippen LogP contribution in [0.5, 0.6) is 0 Å². The molecule has 2 aliphatic heterocycles. The molecular formula is C19H25N3O2. The molecule has 5 nitrogen and oxygen atoms in total. The Morgan fingerprint density at radius 1 is 1.04 bits per heavy atom. The van der Waals surface area contributed by atoms with Crippen LogP contribution in [0, 0.1) is 0 Å². The van der Waals surface area contributed by atoms with Crippen molar-refractivity contribution < 1.29 is 9.26 Å². The lowest BCUT2D eigenvalue weighted by Crippen LogP contribution is -2.23. The van der Waals surface area contributed by atoms with E-state index in [4.69, 9.17) is 9.26 Å². The third kappa shape index (κ3) is 3.68. The van der Waals surface area contributed by atoms with Gasteiger partial charge in [0, 0.05) is 24.6 Å². The largest absolute Gasteiger partial charge is 0.381 e. The zero-order valence-corrected chi connectivity index (χ0v) is 14.1. The van der Waals surface area contributed by atoms with Crippen molar-refractivity contribution in [2.75, 3.05) is 26.3 Å². The van der Waals surface area contributed by atoms with E-state index in [0.29, 0.717) is 12.5 Å². The maximum atomic E-state index is 5.44. The molecule has 1 atom stereocenters. The van der Waals surface area contributed by atoms with Crippen LogP contribution in [0.3, 0.4) is 0 Å². The highest BCUT2D eigenvalue weighted by atomic mass is 16.5. The Morgan fingerprint density at radius 3 is 2.54 bits per heavy atom. The predicted octanol–water partition coefficient (Wildman–Crippen LogP) is 3.62. The van der Waals surface area contributed by atoms with Gasteiger partial charge in [0.1, 0.15) is 0 Å².